The molecule has 2 aromatic carbocycles. The van der Waals surface area contributed by atoms with Crippen molar-refractivity contribution in [2.45, 2.75) is 262 Å². The Balaban J connectivity index is 1.11. The van der Waals surface area contributed by atoms with Crippen LogP contribution in [0.15, 0.2) is 73.1 Å². The number of carbonyl (C=O) groups is 2. The summed E-state index contributed by atoms with van der Waals surface area (Å²) in [6.07, 6.45) is 11.0. The topological polar surface area (TPSA) is 206 Å². The van der Waals surface area contributed by atoms with E-state index in [2.05, 4.69) is 78.2 Å². The molecule has 0 aliphatic carbocycles. The number of aromatic nitrogens is 2. The molecule has 3 aromatic rings. The van der Waals surface area contributed by atoms with E-state index in [1.807, 2.05) is 58.4 Å². The maximum absolute atomic E-state index is 14.8. The first-order valence-electron chi connectivity index (χ1n) is 32.5. The molecule has 6 rings (SSSR count). The van der Waals surface area contributed by atoms with Crippen LogP contribution in [0.2, 0.25) is 0 Å². The summed E-state index contributed by atoms with van der Waals surface area (Å²) < 4.78 is 33.9. The summed E-state index contributed by atoms with van der Waals surface area (Å²) in [5.41, 5.74) is -4.54. The average molecular weight is 1210 g/mol. The second-order valence-electron chi connectivity index (χ2n) is 27.2. The van der Waals surface area contributed by atoms with Crippen LogP contribution >= 0.6 is 7.26 Å². The number of aryl methyl sites for hydroxylation is 1. The fourth-order valence-electron chi connectivity index (χ4n) is 14.9. The molecule has 0 spiro atoms. The van der Waals surface area contributed by atoms with Gasteiger partial charge in [-0.3, -0.25) is 9.59 Å². The predicted octanol–water partition coefficient (Wildman–Crippen LogP) is 8.60. The third-order valence-electron chi connectivity index (χ3n) is 20.0. The molecule has 17 heteroatoms. The minimum Gasteiger partial charge on any atom is -0.388 e. The zero-order valence-corrected chi connectivity index (χ0v) is 55.4. The van der Waals surface area contributed by atoms with E-state index in [-0.39, 0.29) is 56.2 Å². The predicted molar refractivity (Wildman–Crippen MR) is 340 cm³/mol. The summed E-state index contributed by atoms with van der Waals surface area (Å²) in [5.74, 6) is -3.23. The first-order valence-corrected chi connectivity index (χ1v) is 34.7. The number of aliphatic hydroxyl groups excluding tert-OH is 3. The van der Waals surface area contributed by atoms with Crippen LogP contribution in [0.4, 0.5) is 0 Å². The Morgan fingerprint density at radius 3 is 1.88 bits per heavy atom. The largest absolute Gasteiger partial charge is 0.388 e. The van der Waals surface area contributed by atoms with Crippen molar-refractivity contribution in [3.63, 3.8) is 0 Å². The van der Waals surface area contributed by atoms with E-state index in [9.17, 15) is 35.1 Å². The summed E-state index contributed by atoms with van der Waals surface area (Å²) in [5, 5.41) is 69.6. The van der Waals surface area contributed by atoms with Crippen LogP contribution in [0, 0.1) is 23.7 Å². The molecule has 1 amide bonds. The molecule has 0 bridgehead atoms. The van der Waals surface area contributed by atoms with E-state index in [0.717, 1.165) is 31.8 Å². The molecule has 4 heterocycles. The minimum atomic E-state index is -2.27. The van der Waals surface area contributed by atoms with Crippen molar-refractivity contribution in [2.75, 3.05) is 33.9 Å². The maximum atomic E-state index is 14.8. The number of benzene rings is 2. The summed E-state index contributed by atoms with van der Waals surface area (Å²) in [6, 6.07) is 21.0. The fraction of sp³-hybridized carbons (Fsp3) is 0.750. The van der Waals surface area contributed by atoms with Gasteiger partial charge >= 0.3 is 196 Å². The smallest absolute Gasteiger partial charge is 0.126 e. The molecule has 1 aromatic heterocycles. The molecule has 3 aliphatic rings. The van der Waals surface area contributed by atoms with E-state index >= 15 is 0 Å². The molecule has 3 saturated heterocycles. The number of cyclic esters (lactones) is 1. The number of unbranched alkanes of at least 4 members (excludes halogenated alkanes) is 10. The number of ether oxygens (including phenoxy) is 5. The van der Waals surface area contributed by atoms with E-state index in [0.29, 0.717) is 19.3 Å². The van der Waals surface area contributed by atoms with Gasteiger partial charge in [0.15, 0.2) is 6.29 Å². The van der Waals surface area contributed by atoms with E-state index < -0.39 is 103 Å². The van der Waals surface area contributed by atoms with Crippen molar-refractivity contribution < 1.29 is 58.8 Å². The van der Waals surface area contributed by atoms with Crippen molar-refractivity contribution in [1.29, 1.82) is 0 Å². The maximum Gasteiger partial charge on any atom is 0.126 e. The van der Waals surface area contributed by atoms with Crippen molar-refractivity contribution in [3.05, 3.63) is 73.1 Å². The molecule has 0 saturated carbocycles. The Morgan fingerprint density at radius 1 is 0.788 bits per heavy atom. The molecule has 16 nitrogen and oxygen atoms in total. The van der Waals surface area contributed by atoms with Gasteiger partial charge in [0, 0.05) is 32.5 Å². The van der Waals surface area contributed by atoms with Gasteiger partial charge in [-0.15, -0.1) is 0 Å². The van der Waals surface area contributed by atoms with E-state index in [4.69, 9.17) is 23.7 Å². The van der Waals surface area contributed by atoms with Gasteiger partial charge in [0.2, 0.25) is 5.91 Å². The Morgan fingerprint density at radius 2 is 1.35 bits per heavy atom. The fourth-order valence-corrected chi connectivity index (χ4v) is 19.8. The first kappa shape index (κ1) is 70.7. The average Bonchev–Trinajstić information content (AvgIpc) is 3.87. The second-order valence-corrected chi connectivity index (χ2v) is 31.2. The molecule has 482 valence electrons. The van der Waals surface area contributed by atoms with Crippen molar-refractivity contribution in [3.8, 4) is 0 Å². The molecular weight excluding hydrogens is 1100 g/mol. The Labute approximate surface area is 511 Å². The number of likely N-dealkylation sites (N-methyl/N-ethyl adjacent to an activating group) is 1. The van der Waals surface area contributed by atoms with Gasteiger partial charge in [0.25, 0.3) is 0 Å². The monoisotopic (exact) mass is 1210 g/mol. The molecule has 18 atom stereocenters. The molecular formula is C68H113N4O12P. The van der Waals surface area contributed by atoms with Crippen LogP contribution in [0.25, 0.3) is 0 Å². The van der Waals surface area contributed by atoms with Gasteiger partial charge in [-0.05, 0) is 99.1 Å². The summed E-state index contributed by atoms with van der Waals surface area (Å²) in [4.78, 5) is 33.0. The zero-order chi connectivity index (χ0) is 62.4. The van der Waals surface area contributed by atoms with Crippen LogP contribution in [-0.4, -0.2) is 175 Å². The molecule has 85 heavy (non-hydrogen) atoms. The molecule has 0 unspecified atom stereocenters. The van der Waals surface area contributed by atoms with Crippen LogP contribution < -0.4 is 15.9 Å². The van der Waals surface area contributed by atoms with Crippen molar-refractivity contribution in [1.82, 2.24) is 19.6 Å². The summed E-state index contributed by atoms with van der Waals surface area (Å²) in [6.45, 7) is 18.1. The Hall–Kier alpha value is -3.38. The molecule has 3 fully saturated rings. The standard InChI is InChI=1S/C68H113N4O12P/c1-15-58-68(10,79)61(75)50(6)72(59(73)37-31-23-21-19-17-16-18-20-22-24-32-38-85(53-33-27-25-28-34-53,54-35-29-26-30-36-54)55-43-69-71(13)45-55)44-46(2)41-66(8,78)63(84-65-60(74)57(70(11)12)39-47(3)81-65)48(4)56(49(5)64(77)83-58)40-52-42-67(9,80-14)62(76)51(7)82-52/h25-30,33-36,43,45-52,56-58,60-63,65,74-76,78-79,85H,15-24,31-32,37-42,44H2,1-14H3/t46-,47-,48+,49-,50-,51+,52+,56+,57+,58-,60-,61-,62+,63-,65+,66-,67-,68-/m1/s1. The Kier molecular flexibility index (Phi) is 26.5. The van der Waals surface area contributed by atoms with Crippen LogP contribution in [0.3, 0.4) is 0 Å². The van der Waals surface area contributed by atoms with Crippen molar-refractivity contribution >= 4 is 35.1 Å². The number of hydrogen-bond acceptors (Lipinski definition) is 14. The van der Waals surface area contributed by atoms with Gasteiger partial charge in [-0.2, -0.15) is 0 Å². The van der Waals surface area contributed by atoms with Crippen molar-refractivity contribution in [2.24, 2.45) is 30.7 Å². The molecule has 0 radical (unpaired) electrons. The number of carbonyl (C=O) groups excluding carboxylic acids is 2. The summed E-state index contributed by atoms with van der Waals surface area (Å²) in [7, 11) is 5.10. The van der Waals surface area contributed by atoms with Crippen LogP contribution in [0.5, 0.6) is 0 Å². The van der Waals surface area contributed by atoms with E-state index in [1.54, 1.807) is 46.6 Å². The van der Waals surface area contributed by atoms with Gasteiger partial charge < -0.3 is 59.0 Å². The van der Waals surface area contributed by atoms with Gasteiger partial charge in [-0.1, -0.05) is 27.7 Å². The molecule has 5 N–H and O–H groups in total. The Bertz CT molecular complexity index is 2430. The van der Waals surface area contributed by atoms with Gasteiger partial charge in [0.1, 0.15) is 30.0 Å². The number of nitrogens with zero attached hydrogens (tertiary/aromatic N) is 4. The van der Waals surface area contributed by atoms with Crippen LogP contribution in [-0.2, 0) is 40.3 Å². The number of aliphatic hydroxyl groups is 5. The van der Waals surface area contributed by atoms with Crippen LogP contribution in [0.1, 0.15) is 178 Å². The SMILES string of the molecule is CC[C@H]1OC(=O)[C@H](C)[C@@H](C[C@H]2C[C@@](C)(OC)[C@@H](O)[C@H](C)O2)[C@H](C)[C@@H](O[C@@H]2O[C@H](C)C[C@H](N(C)C)[C@H]2O)[C@](C)(O)C[C@@H](C)CN(C(=O)CCCCCCCCCCCCC[PH](c2ccccc2)(c2ccccc2)c2cnn(C)c2)[C@H](C)[C@@H](O)[C@]1(C)O. The quantitative estimate of drug-likeness (QED) is 0.0324. The normalized spacial score (nSPS) is 35.0. The first-order chi connectivity index (χ1) is 40.2. The number of esters is 1. The third kappa shape index (κ3) is 17.7. The number of amides is 1. The van der Waals surface area contributed by atoms with E-state index in [1.165, 1.54) is 61.4 Å². The minimum absolute atomic E-state index is 0.130. The zero-order valence-electron chi connectivity index (χ0n) is 54.4. The number of rotatable bonds is 24. The third-order valence-corrected chi connectivity index (χ3v) is 25.0. The summed E-state index contributed by atoms with van der Waals surface area (Å²) >= 11 is 0. The van der Waals surface area contributed by atoms with Gasteiger partial charge in [0.05, 0.1) is 47.6 Å². The number of hydrogen-bond donors (Lipinski definition) is 5. The number of methoxy groups -OCH3 is 1. The molecule has 3 aliphatic heterocycles. The van der Waals surface area contributed by atoms with Gasteiger partial charge in [-0.25, -0.2) is 0 Å². The second kappa shape index (κ2) is 31.9.